The fraction of sp³-hybridized carbons (Fsp3) is 0.350. The van der Waals surface area contributed by atoms with Crippen LogP contribution in [0.1, 0.15) is 28.8 Å². The molecular formula is C20H20ClNO4. The first-order valence-electron chi connectivity index (χ1n) is 8.69. The van der Waals surface area contributed by atoms with Crippen LogP contribution in [-0.2, 0) is 6.54 Å². The van der Waals surface area contributed by atoms with Crippen molar-refractivity contribution in [2.24, 2.45) is 0 Å². The lowest BCUT2D eigenvalue weighted by Crippen LogP contribution is -2.32. The number of benzene rings is 2. The molecular weight excluding hydrogens is 354 g/mol. The Hall–Kier alpha value is -2.40. The fourth-order valence-electron chi connectivity index (χ4n) is 3.08. The van der Waals surface area contributed by atoms with Crippen molar-refractivity contribution in [1.29, 1.82) is 0 Å². The van der Waals surface area contributed by atoms with Crippen LogP contribution in [0.3, 0.4) is 0 Å². The minimum Gasteiger partial charge on any atom is -0.497 e. The zero-order chi connectivity index (χ0) is 18.1. The predicted octanol–water partition coefficient (Wildman–Crippen LogP) is 3.92. The van der Waals surface area contributed by atoms with Crippen molar-refractivity contribution in [1.82, 2.24) is 4.90 Å². The molecule has 0 N–H and O–H groups in total. The normalized spacial score (nSPS) is 15.5. The van der Waals surface area contributed by atoms with E-state index in [-0.39, 0.29) is 11.9 Å². The summed E-state index contributed by atoms with van der Waals surface area (Å²) < 4.78 is 16.3. The van der Waals surface area contributed by atoms with Crippen molar-refractivity contribution < 1.29 is 19.0 Å². The van der Waals surface area contributed by atoms with E-state index in [9.17, 15) is 4.79 Å². The van der Waals surface area contributed by atoms with Gasteiger partial charge in [0.05, 0.1) is 12.1 Å². The monoisotopic (exact) mass is 373 g/mol. The highest BCUT2D eigenvalue weighted by atomic mass is 35.5. The molecule has 1 aliphatic carbocycles. The van der Waals surface area contributed by atoms with Crippen molar-refractivity contribution in [2.75, 3.05) is 20.3 Å². The Balaban J connectivity index is 1.58. The Morgan fingerprint density at radius 1 is 1.19 bits per heavy atom. The maximum Gasteiger partial charge on any atom is 0.254 e. The van der Waals surface area contributed by atoms with Gasteiger partial charge in [0, 0.05) is 18.2 Å². The predicted molar refractivity (Wildman–Crippen MR) is 98.3 cm³/mol. The van der Waals surface area contributed by atoms with Crippen LogP contribution < -0.4 is 14.2 Å². The summed E-state index contributed by atoms with van der Waals surface area (Å²) in [5.41, 5.74) is 1.59. The van der Waals surface area contributed by atoms with Gasteiger partial charge in [0.25, 0.3) is 5.91 Å². The first-order valence-corrected chi connectivity index (χ1v) is 9.06. The van der Waals surface area contributed by atoms with Crippen molar-refractivity contribution >= 4 is 17.5 Å². The van der Waals surface area contributed by atoms with Gasteiger partial charge < -0.3 is 19.1 Å². The molecule has 6 heteroatoms. The molecule has 0 unspecified atom stereocenters. The van der Waals surface area contributed by atoms with Gasteiger partial charge in [0.2, 0.25) is 0 Å². The SMILES string of the molecule is COc1ccc(CN(C(=O)c2cc(Cl)c3c(c2)OCCO3)C2CC2)cc1. The third-order valence-corrected chi connectivity index (χ3v) is 4.89. The van der Waals surface area contributed by atoms with Gasteiger partial charge in [-0.05, 0) is 42.7 Å². The second-order valence-corrected chi connectivity index (χ2v) is 6.90. The van der Waals surface area contributed by atoms with Gasteiger partial charge in [0.1, 0.15) is 19.0 Å². The lowest BCUT2D eigenvalue weighted by molar-refractivity contribution is 0.0728. The molecule has 0 atom stereocenters. The van der Waals surface area contributed by atoms with Crippen LogP contribution in [0.25, 0.3) is 0 Å². The molecule has 0 aromatic heterocycles. The molecule has 4 rings (SSSR count). The number of carbonyl (C=O) groups is 1. The highest BCUT2D eigenvalue weighted by Gasteiger charge is 2.34. The summed E-state index contributed by atoms with van der Waals surface area (Å²) in [6.07, 6.45) is 2.06. The van der Waals surface area contributed by atoms with E-state index in [1.807, 2.05) is 29.2 Å². The molecule has 0 radical (unpaired) electrons. The lowest BCUT2D eigenvalue weighted by Gasteiger charge is -2.25. The molecule has 0 spiro atoms. The molecule has 2 aromatic rings. The van der Waals surface area contributed by atoms with Crippen LogP contribution in [0, 0.1) is 0 Å². The molecule has 136 valence electrons. The molecule has 1 fully saturated rings. The second-order valence-electron chi connectivity index (χ2n) is 6.49. The number of hydrogen-bond acceptors (Lipinski definition) is 4. The van der Waals surface area contributed by atoms with Crippen LogP contribution in [0.2, 0.25) is 5.02 Å². The van der Waals surface area contributed by atoms with Gasteiger partial charge in [-0.1, -0.05) is 23.7 Å². The smallest absolute Gasteiger partial charge is 0.254 e. The molecule has 1 aliphatic heterocycles. The first kappa shape index (κ1) is 17.0. The van der Waals surface area contributed by atoms with Crippen LogP contribution in [0.5, 0.6) is 17.2 Å². The largest absolute Gasteiger partial charge is 0.497 e. The third-order valence-electron chi connectivity index (χ3n) is 4.60. The summed E-state index contributed by atoms with van der Waals surface area (Å²) >= 11 is 6.30. The molecule has 1 saturated carbocycles. The first-order chi connectivity index (χ1) is 12.7. The van der Waals surface area contributed by atoms with E-state index in [2.05, 4.69) is 0 Å². The topological polar surface area (TPSA) is 48.0 Å². The summed E-state index contributed by atoms with van der Waals surface area (Å²) in [6.45, 7) is 1.48. The van der Waals surface area contributed by atoms with Crippen molar-refractivity contribution in [3.8, 4) is 17.2 Å². The summed E-state index contributed by atoms with van der Waals surface area (Å²) in [5, 5.41) is 0.408. The number of hydrogen-bond donors (Lipinski definition) is 0. The minimum atomic E-state index is -0.0396. The minimum absolute atomic E-state index is 0.0396. The number of rotatable bonds is 5. The molecule has 26 heavy (non-hydrogen) atoms. The second kappa shape index (κ2) is 7.08. The van der Waals surface area contributed by atoms with Crippen molar-refractivity contribution in [2.45, 2.75) is 25.4 Å². The number of carbonyl (C=O) groups excluding carboxylic acids is 1. The van der Waals surface area contributed by atoms with E-state index in [0.717, 1.165) is 24.2 Å². The number of halogens is 1. The van der Waals surface area contributed by atoms with Crippen LogP contribution in [0.4, 0.5) is 0 Å². The van der Waals surface area contributed by atoms with Crippen LogP contribution in [0.15, 0.2) is 36.4 Å². The van der Waals surface area contributed by atoms with Gasteiger partial charge >= 0.3 is 0 Å². The molecule has 2 aliphatic rings. The Morgan fingerprint density at radius 2 is 1.92 bits per heavy atom. The highest BCUT2D eigenvalue weighted by Crippen LogP contribution is 2.39. The number of ether oxygens (including phenoxy) is 3. The van der Waals surface area contributed by atoms with E-state index in [1.54, 1.807) is 19.2 Å². The zero-order valence-corrected chi connectivity index (χ0v) is 15.3. The van der Waals surface area contributed by atoms with Gasteiger partial charge in [-0.3, -0.25) is 4.79 Å². The fourth-order valence-corrected chi connectivity index (χ4v) is 3.35. The van der Waals surface area contributed by atoms with E-state index in [1.165, 1.54) is 0 Å². The Kier molecular flexibility index (Phi) is 4.64. The summed E-state index contributed by atoms with van der Waals surface area (Å²) in [7, 11) is 1.64. The van der Waals surface area contributed by atoms with Crippen LogP contribution >= 0.6 is 11.6 Å². The molecule has 1 amide bonds. The highest BCUT2D eigenvalue weighted by molar-refractivity contribution is 6.32. The summed E-state index contributed by atoms with van der Waals surface area (Å²) in [4.78, 5) is 15.0. The number of fused-ring (bicyclic) bond motifs is 1. The van der Waals surface area contributed by atoms with Gasteiger partial charge in [-0.2, -0.15) is 0 Å². The summed E-state index contributed by atoms with van der Waals surface area (Å²) in [6, 6.07) is 11.5. The zero-order valence-electron chi connectivity index (χ0n) is 14.5. The number of methoxy groups -OCH3 is 1. The average Bonchev–Trinajstić information content (AvgIpc) is 3.51. The maximum atomic E-state index is 13.1. The standard InChI is InChI=1S/C20H20ClNO4/c1-24-16-6-2-13(3-7-16)12-22(15-4-5-15)20(23)14-10-17(21)19-18(11-14)25-8-9-26-19/h2-3,6-7,10-11,15H,4-5,8-9,12H2,1H3. The molecule has 5 nitrogen and oxygen atoms in total. The van der Waals surface area contributed by atoms with E-state index >= 15 is 0 Å². The van der Waals surface area contributed by atoms with Crippen molar-refractivity contribution in [3.63, 3.8) is 0 Å². The van der Waals surface area contributed by atoms with E-state index in [4.69, 9.17) is 25.8 Å². The van der Waals surface area contributed by atoms with E-state index in [0.29, 0.717) is 41.8 Å². The van der Waals surface area contributed by atoms with Gasteiger partial charge in [-0.15, -0.1) is 0 Å². The van der Waals surface area contributed by atoms with E-state index < -0.39 is 0 Å². The lowest BCUT2D eigenvalue weighted by atomic mass is 10.1. The average molecular weight is 374 g/mol. The Morgan fingerprint density at radius 3 is 2.62 bits per heavy atom. The van der Waals surface area contributed by atoms with Crippen molar-refractivity contribution in [3.05, 3.63) is 52.5 Å². The maximum absolute atomic E-state index is 13.1. The van der Waals surface area contributed by atoms with Gasteiger partial charge in [-0.25, -0.2) is 0 Å². The number of nitrogens with zero attached hydrogens (tertiary/aromatic N) is 1. The van der Waals surface area contributed by atoms with Gasteiger partial charge in [0.15, 0.2) is 11.5 Å². The Bertz CT molecular complexity index is 817. The summed E-state index contributed by atoms with van der Waals surface area (Å²) in [5.74, 6) is 1.81. The number of amides is 1. The molecule has 1 heterocycles. The third kappa shape index (κ3) is 3.44. The molecule has 0 bridgehead atoms. The van der Waals surface area contributed by atoms with Crippen LogP contribution in [-0.4, -0.2) is 37.2 Å². The molecule has 0 saturated heterocycles. The Labute approximate surface area is 157 Å². The molecule has 2 aromatic carbocycles. The quantitative estimate of drug-likeness (QED) is 0.796.